The van der Waals surface area contributed by atoms with Crippen molar-refractivity contribution in [2.24, 2.45) is 0 Å². The molecule has 1 heterocycles. The molecule has 0 spiro atoms. The fourth-order valence-electron chi connectivity index (χ4n) is 2.21. The first-order valence-electron chi connectivity index (χ1n) is 5.51. The predicted molar refractivity (Wildman–Crippen MR) is 62.2 cm³/mol. The highest BCUT2D eigenvalue weighted by Gasteiger charge is 2.34. The van der Waals surface area contributed by atoms with Gasteiger partial charge in [0.15, 0.2) is 6.10 Å². The first kappa shape index (κ1) is 11.9. The number of carboxylic acids is 1. The van der Waals surface area contributed by atoms with Gasteiger partial charge in [-0.25, -0.2) is 4.79 Å². The quantitative estimate of drug-likeness (QED) is 0.873. The number of aliphatic carboxylic acids is 1. The molecule has 0 aliphatic carbocycles. The first-order valence-corrected chi connectivity index (χ1v) is 5.51. The molecule has 0 aromatic heterocycles. The topological polar surface area (TPSA) is 55.8 Å². The Hall–Kier alpha value is -1.55. The molecule has 92 valence electrons. The number of benzene rings is 1. The van der Waals surface area contributed by atoms with E-state index in [1.165, 1.54) is 7.11 Å². The van der Waals surface area contributed by atoms with Gasteiger partial charge in [0, 0.05) is 19.1 Å². The second kappa shape index (κ2) is 4.04. The number of carbonyl (C=O) groups is 1. The Kier molecular flexibility index (Phi) is 2.83. The highest BCUT2D eigenvalue weighted by Crippen LogP contribution is 2.40. The summed E-state index contributed by atoms with van der Waals surface area (Å²) in [5, 5.41) is 9.11. The van der Waals surface area contributed by atoms with Crippen molar-refractivity contribution >= 4 is 5.97 Å². The molecule has 1 aromatic rings. The van der Waals surface area contributed by atoms with Crippen LogP contribution in [0.25, 0.3) is 0 Å². The molecule has 1 unspecified atom stereocenters. The summed E-state index contributed by atoms with van der Waals surface area (Å²) < 4.78 is 10.8. The van der Waals surface area contributed by atoms with Crippen molar-refractivity contribution in [2.45, 2.75) is 32.0 Å². The Balaban J connectivity index is 2.45. The SMILES string of the molecule is COC(C(=O)O)c1cccc2c1OC(C)(C)C2. The molecule has 0 bridgehead atoms. The maximum atomic E-state index is 11.1. The van der Waals surface area contributed by atoms with Crippen LogP contribution in [0.15, 0.2) is 18.2 Å². The highest BCUT2D eigenvalue weighted by atomic mass is 16.5. The van der Waals surface area contributed by atoms with Crippen LogP contribution in [0.1, 0.15) is 31.1 Å². The normalized spacial score (nSPS) is 18.3. The Labute approximate surface area is 100 Å². The second-order valence-electron chi connectivity index (χ2n) is 4.83. The number of hydrogen-bond donors (Lipinski definition) is 1. The maximum Gasteiger partial charge on any atom is 0.337 e. The highest BCUT2D eigenvalue weighted by molar-refractivity contribution is 5.76. The molecule has 1 aromatic carbocycles. The average molecular weight is 236 g/mol. The van der Waals surface area contributed by atoms with Gasteiger partial charge >= 0.3 is 5.97 Å². The van der Waals surface area contributed by atoms with E-state index in [1.807, 2.05) is 26.0 Å². The molecule has 0 saturated heterocycles. The van der Waals surface area contributed by atoms with Gasteiger partial charge in [0.2, 0.25) is 0 Å². The van der Waals surface area contributed by atoms with Crippen LogP contribution in [0.3, 0.4) is 0 Å². The van der Waals surface area contributed by atoms with Gasteiger partial charge in [0.25, 0.3) is 0 Å². The van der Waals surface area contributed by atoms with E-state index in [0.29, 0.717) is 11.3 Å². The third-order valence-electron chi connectivity index (χ3n) is 2.86. The van der Waals surface area contributed by atoms with Crippen LogP contribution in [0.2, 0.25) is 0 Å². The lowest BCUT2D eigenvalue weighted by atomic mass is 9.99. The van der Waals surface area contributed by atoms with E-state index in [4.69, 9.17) is 14.6 Å². The van der Waals surface area contributed by atoms with Crippen molar-refractivity contribution in [3.05, 3.63) is 29.3 Å². The van der Waals surface area contributed by atoms with E-state index >= 15 is 0 Å². The summed E-state index contributed by atoms with van der Waals surface area (Å²) in [6, 6.07) is 5.54. The standard InChI is InChI=1S/C13H16O4/c1-13(2)7-8-5-4-6-9(10(8)17-13)11(16-3)12(14)15/h4-6,11H,7H2,1-3H3,(H,14,15). The molecule has 0 fully saturated rings. The van der Waals surface area contributed by atoms with Crippen LogP contribution >= 0.6 is 0 Å². The summed E-state index contributed by atoms with van der Waals surface area (Å²) in [7, 11) is 1.39. The van der Waals surface area contributed by atoms with E-state index in [9.17, 15) is 4.79 Å². The zero-order chi connectivity index (χ0) is 12.6. The lowest BCUT2D eigenvalue weighted by Gasteiger charge is -2.19. The van der Waals surface area contributed by atoms with Crippen molar-refractivity contribution in [1.82, 2.24) is 0 Å². The summed E-state index contributed by atoms with van der Waals surface area (Å²) in [5.74, 6) is -0.346. The van der Waals surface area contributed by atoms with Gasteiger partial charge in [-0.05, 0) is 19.4 Å². The third-order valence-corrected chi connectivity index (χ3v) is 2.86. The van der Waals surface area contributed by atoms with Gasteiger partial charge in [-0.2, -0.15) is 0 Å². The lowest BCUT2D eigenvalue weighted by molar-refractivity contribution is -0.149. The molecule has 1 aliphatic rings. The van der Waals surface area contributed by atoms with Crippen LogP contribution in [-0.4, -0.2) is 23.8 Å². The van der Waals surface area contributed by atoms with Crippen LogP contribution in [0.5, 0.6) is 5.75 Å². The Morgan fingerprint density at radius 2 is 2.24 bits per heavy atom. The van der Waals surface area contributed by atoms with E-state index < -0.39 is 12.1 Å². The molecule has 1 N–H and O–H groups in total. The van der Waals surface area contributed by atoms with Gasteiger partial charge in [-0.15, -0.1) is 0 Å². The molecule has 0 amide bonds. The molecule has 4 heteroatoms. The smallest absolute Gasteiger partial charge is 0.337 e. The minimum absolute atomic E-state index is 0.283. The summed E-state index contributed by atoms with van der Waals surface area (Å²) in [6.45, 7) is 3.97. The molecule has 1 aliphatic heterocycles. The molecular formula is C13H16O4. The summed E-state index contributed by atoms with van der Waals surface area (Å²) in [6.07, 6.45) is -0.189. The number of fused-ring (bicyclic) bond motifs is 1. The zero-order valence-electron chi connectivity index (χ0n) is 10.2. The average Bonchev–Trinajstić information content (AvgIpc) is 2.53. The number of ether oxygens (including phenoxy) is 2. The zero-order valence-corrected chi connectivity index (χ0v) is 10.2. The van der Waals surface area contributed by atoms with Crippen molar-refractivity contribution in [1.29, 1.82) is 0 Å². The molecule has 1 atom stereocenters. The largest absolute Gasteiger partial charge is 0.487 e. The predicted octanol–water partition coefficient (Wildman–Crippen LogP) is 2.17. The van der Waals surface area contributed by atoms with E-state index in [-0.39, 0.29) is 5.60 Å². The van der Waals surface area contributed by atoms with Gasteiger partial charge in [-0.3, -0.25) is 0 Å². The summed E-state index contributed by atoms with van der Waals surface area (Å²) in [5.41, 5.74) is 1.34. The van der Waals surface area contributed by atoms with Crippen LogP contribution in [-0.2, 0) is 16.0 Å². The Morgan fingerprint density at radius 1 is 1.53 bits per heavy atom. The molecule has 0 radical (unpaired) electrons. The Morgan fingerprint density at radius 3 is 2.82 bits per heavy atom. The van der Waals surface area contributed by atoms with Crippen LogP contribution in [0.4, 0.5) is 0 Å². The number of para-hydroxylation sites is 1. The number of hydrogen-bond acceptors (Lipinski definition) is 3. The molecular weight excluding hydrogens is 220 g/mol. The Bertz CT molecular complexity index is 451. The number of rotatable bonds is 3. The van der Waals surface area contributed by atoms with Crippen molar-refractivity contribution < 1.29 is 19.4 Å². The fourth-order valence-corrected chi connectivity index (χ4v) is 2.21. The van der Waals surface area contributed by atoms with Gasteiger partial charge in [-0.1, -0.05) is 18.2 Å². The summed E-state index contributed by atoms with van der Waals surface area (Å²) >= 11 is 0. The van der Waals surface area contributed by atoms with Crippen molar-refractivity contribution in [3.63, 3.8) is 0 Å². The maximum absolute atomic E-state index is 11.1. The lowest BCUT2D eigenvalue weighted by Crippen LogP contribution is -2.25. The first-order chi connectivity index (χ1) is 7.94. The minimum Gasteiger partial charge on any atom is -0.487 e. The molecule has 0 saturated carbocycles. The van der Waals surface area contributed by atoms with E-state index in [0.717, 1.165) is 12.0 Å². The van der Waals surface area contributed by atoms with Gasteiger partial charge in [0.1, 0.15) is 11.4 Å². The van der Waals surface area contributed by atoms with E-state index in [2.05, 4.69) is 0 Å². The molecule has 4 nitrogen and oxygen atoms in total. The van der Waals surface area contributed by atoms with Gasteiger partial charge < -0.3 is 14.6 Å². The second-order valence-corrected chi connectivity index (χ2v) is 4.83. The summed E-state index contributed by atoms with van der Waals surface area (Å²) in [4.78, 5) is 11.1. The van der Waals surface area contributed by atoms with Crippen molar-refractivity contribution in [2.75, 3.05) is 7.11 Å². The fraction of sp³-hybridized carbons (Fsp3) is 0.462. The van der Waals surface area contributed by atoms with Crippen LogP contribution < -0.4 is 4.74 Å². The monoisotopic (exact) mass is 236 g/mol. The minimum atomic E-state index is -1.01. The van der Waals surface area contributed by atoms with Crippen molar-refractivity contribution in [3.8, 4) is 5.75 Å². The third kappa shape index (κ3) is 2.13. The van der Waals surface area contributed by atoms with Crippen LogP contribution in [0, 0.1) is 0 Å². The van der Waals surface area contributed by atoms with E-state index in [1.54, 1.807) is 6.07 Å². The number of methoxy groups -OCH3 is 1. The number of carboxylic acid groups (broad SMARTS) is 1. The molecule has 2 rings (SSSR count). The molecule has 17 heavy (non-hydrogen) atoms. The van der Waals surface area contributed by atoms with Gasteiger partial charge in [0.05, 0.1) is 0 Å².